The summed E-state index contributed by atoms with van der Waals surface area (Å²) in [5, 5.41) is 14.8. The summed E-state index contributed by atoms with van der Waals surface area (Å²) in [6.07, 6.45) is 0.596. The van der Waals surface area contributed by atoms with Gasteiger partial charge in [0.1, 0.15) is 5.82 Å². The lowest BCUT2D eigenvalue weighted by Crippen LogP contribution is -2.35. The van der Waals surface area contributed by atoms with Gasteiger partial charge in [0.15, 0.2) is 5.82 Å². The van der Waals surface area contributed by atoms with Gasteiger partial charge in [0.05, 0.1) is 12.3 Å². The number of nitrogens with one attached hydrogen (secondary N) is 1. The van der Waals surface area contributed by atoms with E-state index in [1.54, 1.807) is 37.4 Å². The number of carbonyl (C=O) groups is 1. The fourth-order valence-electron chi connectivity index (χ4n) is 2.97. The Hall–Kier alpha value is -2.84. The van der Waals surface area contributed by atoms with Crippen molar-refractivity contribution in [1.29, 1.82) is 0 Å². The van der Waals surface area contributed by atoms with Crippen LogP contribution < -0.4 is 5.32 Å². The largest absolute Gasteiger partial charge is 0.383 e. The lowest BCUT2D eigenvalue weighted by molar-refractivity contribution is 0.0905. The molecule has 1 unspecified atom stereocenters. The van der Waals surface area contributed by atoms with E-state index in [2.05, 4.69) is 20.8 Å². The van der Waals surface area contributed by atoms with Gasteiger partial charge in [0, 0.05) is 35.7 Å². The van der Waals surface area contributed by atoms with Crippen molar-refractivity contribution in [3.05, 3.63) is 58.6 Å². The summed E-state index contributed by atoms with van der Waals surface area (Å²) >= 11 is 5.88. The molecule has 1 heterocycles. The number of methoxy groups -OCH3 is 1. The number of ether oxygens (including phenoxy) is 1. The van der Waals surface area contributed by atoms with E-state index in [1.807, 2.05) is 13.8 Å². The first kappa shape index (κ1) is 20.9. The van der Waals surface area contributed by atoms with Crippen LogP contribution in [0.2, 0.25) is 5.02 Å². The first-order valence-corrected chi connectivity index (χ1v) is 9.48. The molecule has 3 rings (SSSR count). The fourth-order valence-corrected chi connectivity index (χ4v) is 3.13. The minimum absolute atomic E-state index is 0.189. The maximum Gasteiger partial charge on any atom is 0.251 e. The van der Waals surface area contributed by atoms with Crippen molar-refractivity contribution in [2.45, 2.75) is 26.3 Å². The molecule has 1 aromatic heterocycles. The third kappa shape index (κ3) is 4.78. The minimum Gasteiger partial charge on any atom is -0.383 e. The van der Waals surface area contributed by atoms with Gasteiger partial charge in [-0.15, -0.1) is 5.10 Å². The number of aromatic nitrogens is 4. The van der Waals surface area contributed by atoms with Gasteiger partial charge in [-0.2, -0.15) is 4.68 Å². The molecule has 3 aromatic rings. The Bertz CT molecular complexity index is 1020. The second-order valence-corrected chi connectivity index (χ2v) is 7.02. The van der Waals surface area contributed by atoms with Crippen molar-refractivity contribution in [3.63, 3.8) is 0 Å². The molecule has 7 nitrogen and oxygen atoms in total. The molecular formula is C20H21ClFN5O2. The van der Waals surface area contributed by atoms with E-state index < -0.39 is 5.82 Å². The normalized spacial score (nSPS) is 12.0. The zero-order valence-electron chi connectivity index (χ0n) is 16.3. The quantitative estimate of drug-likeness (QED) is 0.636. The summed E-state index contributed by atoms with van der Waals surface area (Å²) in [6, 6.07) is 9.25. The van der Waals surface area contributed by atoms with Crippen molar-refractivity contribution >= 4 is 17.5 Å². The second-order valence-electron chi connectivity index (χ2n) is 6.58. The standard InChI is InChI=1S/C20H21ClFN5O2/c1-4-19-24-25-26-27(19)16-8-13(17-6-5-15(21)10-18(17)22)7-14(9-16)20(28)23-12(2)11-29-3/h5-10,12H,4,11H2,1-3H3,(H,23,28). The van der Waals surface area contributed by atoms with Crippen LogP contribution in [0.15, 0.2) is 36.4 Å². The van der Waals surface area contributed by atoms with Gasteiger partial charge in [-0.05, 0) is 59.3 Å². The number of aryl methyl sites for hydroxylation is 1. The number of halogens is 2. The number of hydrogen-bond acceptors (Lipinski definition) is 5. The molecule has 0 aliphatic carbocycles. The summed E-state index contributed by atoms with van der Waals surface area (Å²) in [4.78, 5) is 12.8. The molecule has 29 heavy (non-hydrogen) atoms. The molecule has 1 amide bonds. The number of amides is 1. The lowest BCUT2D eigenvalue weighted by atomic mass is 10.0. The number of hydrogen-bond donors (Lipinski definition) is 1. The summed E-state index contributed by atoms with van der Waals surface area (Å²) < 4.78 is 21.2. The van der Waals surface area contributed by atoms with Crippen LogP contribution in [0.4, 0.5) is 4.39 Å². The summed E-state index contributed by atoms with van der Waals surface area (Å²) in [6.45, 7) is 4.13. The van der Waals surface area contributed by atoms with Gasteiger partial charge >= 0.3 is 0 Å². The van der Waals surface area contributed by atoms with Crippen LogP contribution in [0.1, 0.15) is 30.0 Å². The first-order chi connectivity index (χ1) is 13.9. The molecule has 0 bridgehead atoms. The highest BCUT2D eigenvalue weighted by atomic mass is 35.5. The van der Waals surface area contributed by atoms with Crippen molar-refractivity contribution in [1.82, 2.24) is 25.5 Å². The Kier molecular flexibility index (Phi) is 6.56. The maximum atomic E-state index is 14.6. The Balaban J connectivity index is 2.10. The Morgan fingerprint density at radius 3 is 2.79 bits per heavy atom. The molecule has 0 radical (unpaired) electrons. The van der Waals surface area contributed by atoms with Crippen LogP contribution in [0.25, 0.3) is 16.8 Å². The minimum atomic E-state index is -0.485. The van der Waals surface area contributed by atoms with Crippen LogP contribution in [0.5, 0.6) is 0 Å². The van der Waals surface area contributed by atoms with Crippen molar-refractivity contribution in [2.24, 2.45) is 0 Å². The summed E-state index contributed by atoms with van der Waals surface area (Å²) in [7, 11) is 1.56. The van der Waals surface area contributed by atoms with Gasteiger partial charge in [0.25, 0.3) is 5.91 Å². The first-order valence-electron chi connectivity index (χ1n) is 9.10. The molecule has 9 heteroatoms. The van der Waals surface area contributed by atoms with Gasteiger partial charge in [-0.1, -0.05) is 18.5 Å². The number of carbonyl (C=O) groups excluding carboxylic acids is 1. The van der Waals surface area contributed by atoms with Crippen molar-refractivity contribution < 1.29 is 13.9 Å². The highest BCUT2D eigenvalue weighted by Crippen LogP contribution is 2.28. The third-order valence-corrected chi connectivity index (χ3v) is 4.55. The summed E-state index contributed by atoms with van der Waals surface area (Å²) in [5.74, 6) is -0.169. The average Bonchev–Trinajstić information content (AvgIpc) is 3.16. The Labute approximate surface area is 172 Å². The topological polar surface area (TPSA) is 81.9 Å². The molecule has 0 saturated carbocycles. The second kappa shape index (κ2) is 9.11. The van der Waals surface area contributed by atoms with E-state index >= 15 is 0 Å². The third-order valence-electron chi connectivity index (χ3n) is 4.31. The molecule has 1 N–H and O–H groups in total. The van der Waals surface area contributed by atoms with Gasteiger partial charge in [-0.25, -0.2) is 4.39 Å². The highest BCUT2D eigenvalue weighted by Gasteiger charge is 2.17. The lowest BCUT2D eigenvalue weighted by Gasteiger charge is -2.15. The fraction of sp³-hybridized carbons (Fsp3) is 0.300. The zero-order chi connectivity index (χ0) is 21.0. The van der Waals surface area contributed by atoms with Crippen LogP contribution in [-0.4, -0.2) is 45.9 Å². The van der Waals surface area contributed by atoms with E-state index in [-0.39, 0.29) is 11.9 Å². The SMILES string of the molecule is CCc1nnnn1-c1cc(C(=O)NC(C)COC)cc(-c2ccc(Cl)cc2F)c1. The smallest absolute Gasteiger partial charge is 0.251 e. The van der Waals surface area contributed by atoms with E-state index in [4.69, 9.17) is 16.3 Å². The number of tetrazole rings is 1. The van der Waals surface area contributed by atoms with Crippen LogP contribution in [-0.2, 0) is 11.2 Å². The van der Waals surface area contributed by atoms with E-state index in [0.29, 0.717) is 46.3 Å². The van der Waals surface area contributed by atoms with Crippen molar-refractivity contribution in [2.75, 3.05) is 13.7 Å². The number of rotatable bonds is 7. The van der Waals surface area contributed by atoms with Crippen LogP contribution in [0.3, 0.4) is 0 Å². The van der Waals surface area contributed by atoms with E-state index in [9.17, 15) is 9.18 Å². The Morgan fingerprint density at radius 2 is 2.10 bits per heavy atom. The monoisotopic (exact) mass is 417 g/mol. The molecule has 0 saturated heterocycles. The molecule has 1 atom stereocenters. The van der Waals surface area contributed by atoms with E-state index in [0.717, 1.165) is 0 Å². The number of benzene rings is 2. The molecule has 0 fully saturated rings. The maximum absolute atomic E-state index is 14.6. The zero-order valence-corrected chi connectivity index (χ0v) is 17.1. The molecule has 0 spiro atoms. The highest BCUT2D eigenvalue weighted by molar-refractivity contribution is 6.30. The summed E-state index contributed by atoms with van der Waals surface area (Å²) in [5.41, 5.74) is 1.75. The van der Waals surface area contributed by atoms with Crippen LogP contribution >= 0.6 is 11.6 Å². The molecule has 0 aliphatic rings. The van der Waals surface area contributed by atoms with E-state index in [1.165, 1.54) is 10.7 Å². The van der Waals surface area contributed by atoms with Gasteiger partial charge in [0.2, 0.25) is 0 Å². The molecule has 152 valence electrons. The number of nitrogens with zero attached hydrogens (tertiary/aromatic N) is 4. The predicted molar refractivity (Wildman–Crippen MR) is 108 cm³/mol. The predicted octanol–water partition coefficient (Wildman–Crippen LogP) is 3.45. The van der Waals surface area contributed by atoms with Crippen molar-refractivity contribution in [3.8, 4) is 16.8 Å². The molecule has 0 aliphatic heterocycles. The Morgan fingerprint density at radius 1 is 1.31 bits per heavy atom. The average molecular weight is 418 g/mol. The molecular weight excluding hydrogens is 397 g/mol. The van der Waals surface area contributed by atoms with Crippen LogP contribution in [0, 0.1) is 5.82 Å². The molecule has 2 aromatic carbocycles. The van der Waals surface area contributed by atoms with Gasteiger partial charge in [-0.3, -0.25) is 4.79 Å². The van der Waals surface area contributed by atoms with Gasteiger partial charge < -0.3 is 10.1 Å².